The van der Waals surface area contributed by atoms with E-state index in [1.165, 1.54) is 28.8 Å². The van der Waals surface area contributed by atoms with Crippen LogP contribution in [-0.4, -0.2) is 5.11 Å². The quantitative estimate of drug-likeness (QED) is 0.817. The molecule has 21 heavy (non-hydrogen) atoms. The number of benzene rings is 2. The van der Waals surface area contributed by atoms with E-state index < -0.39 is 0 Å². The molecule has 0 spiro atoms. The highest BCUT2D eigenvalue weighted by atomic mass is 32.1. The van der Waals surface area contributed by atoms with Gasteiger partial charge in [0.1, 0.15) is 5.82 Å². The number of nitrogens with one attached hydrogen (secondary N) is 2. The molecule has 2 N–H and O–H groups in total. The van der Waals surface area contributed by atoms with Crippen LogP contribution >= 0.6 is 12.2 Å². The molecule has 0 saturated heterocycles. The second-order valence-corrected chi connectivity index (χ2v) is 5.60. The molecule has 0 amide bonds. The SMILES string of the molecule is Cc1ccc(C)c(C(C)NC(=S)Nc2cccc(F)c2)c1. The van der Waals surface area contributed by atoms with Gasteiger partial charge in [-0.05, 0) is 62.3 Å². The Balaban J connectivity index is 2.03. The fraction of sp³-hybridized carbons (Fsp3) is 0.235. The van der Waals surface area contributed by atoms with Crippen LogP contribution in [0.25, 0.3) is 0 Å². The Morgan fingerprint density at radius 3 is 2.62 bits per heavy atom. The van der Waals surface area contributed by atoms with Crippen molar-refractivity contribution in [2.24, 2.45) is 0 Å². The van der Waals surface area contributed by atoms with Gasteiger partial charge < -0.3 is 10.6 Å². The van der Waals surface area contributed by atoms with Crippen LogP contribution in [0.15, 0.2) is 42.5 Å². The molecule has 0 aliphatic rings. The molecule has 2 aromatic carbocycles. The van der Waals surface area contributed by atoms with Crippen molar-refractivity contribution in [1.82, 2.24) is 5.32 Å². The van der Waals surface area contributed by atoms with Gasteiger partial charge >= 0.3 is 0 Å². The molecule has 110 valence electrons. The van der Waals surface area contributed by atoms with Gasteiger partial charge in [-0.1, -0.05) is 29.8 Å². The first kappa shape index (κ1) is 15.4. The largest absolute Gasteiger partial charge is 0.356 e. The Labute approximate surface area is 130 Å². The average molecular weight is 302 g/mol. The smallest absolute Gasteiger partial charge is 0.171 e. The van der Waals surface area contributed by atoms with Crippen LogP contribution < -0.4 is 10.6 Å². The van der Waals surface area contributed by atoms with Gasteiger partial charge in [0, 0.05) is 5.69 Å². The van der Waals surface area contributed by atoms with E-state index in [4.69, 9.17) is 12.2 Å². The molecule has 0 heterocycles. The molecule has 4 heteroatoms. The Kier molecular flexibility index (Phi) is 4.91. The topological polar surface area (TPSA) is 24.1 Å². The lowest BCUT2D eigenvalue weighted by molar-refractivity contribution is 0.628. The molecule has 0 radical (unpaired) electrons. The average Bonchev–Trinajstić information content (AvgIpc) is 2.41. The predicted molar refractivity (Wildman–Crippen MR) is 90.1 cm³/mol. The van der Waals surface area contributed by atoms with Crippen molar-refractivity contribution < 1.29 is 4.39 Å². The van der Waals surface area contributed by atoms with E-state index in [0.29, 0.717) is 10.8 Å². The number of aryl methyl sites for hydroxylation is 2. The maximum Gasteiger partial charge on any atom is 0.171 e. The van der Waals surface area contributed by atoms with Crippen molar-refractivity contribution in [3.05, 3.63) is 65.0 Å². The summed E-state index contributed by atoms with van der Waals surface area (Å²) in [5, 5.41) is 6.71. The highest BCUT2D eigenvalue weighted by Gasteiger charge is 2.10. The van der Waals surface area contributed by atoms with Gasteiger partial charge in [-0.2, -0.15) is 0 Å². The van der Waals surface area contributed by atoms with Gasteiger partial charge in [-0.25, -0.2) is 4.39 Å². The van der Waals surface area contributed by atoms with Gasteiger partial charge in [-0.3, -0.25) is 0 Å². The van der Waals surface area contributed by atoms with Crippen molar-refractivity contribution >= 4 is 23.0 Å². The summed E-state index contributed by atoms with van der Waals surface area (Å²) in [5.74, 6) is -0.287. The molecule has 0 bridgehead atoms. The summed E-state index contributed by atoms with van der Waals surface area (Å²) in [7, 11) is 0. The van der Waals surface area contributed by atoms with E-state index in [0.717, 1.165) is 0 Å². The number of hydrogen-bond acceptors (Lipinski definition) is 1. The zero-order valence-corrected chi connectivity index (χ0v) is 13.2. The van der Waals surface area contributed by atoms with Gasteiger partial charge in [-0.15, -0.1) is 0 Å². The molecular weight excluding hydrogens is 283 g/mol. The van der Waals surface area contributed by atoms with E-state index in [2.05, 4.69) is 49.6 Å². The first-order valence-corrected chi connectivity index (χ1v) is 7.27. The fourth-order valence-corrected chi connectivity index (χ4v) is 2.53. The second kappa shape index (κ2) is 6.68. The van der Waals surface area contributed by atoms with Gasteiger partial charge in [0.2, 0.25) is 0 Å². The lowest BCUT2D eigenvalue weighted by Gasteiger charge is -2.19. The summed E-state index contributed by atoms with van der Waals surface area (Å²) < 4.78 is 13.1. The van der Waals surface area contributed by atoms with Crippen molar-refractivity contribution in [3.63, 3.8) is 0 Å². The number of halogens is 1. The normalized spacial score (nSPS) is 11.8. The zero-order chi connectivity index (χ0) is 15.4. The number of hydrogen-bond donors (Lipinski definition) is 2. The molecule has 1 atom stereocenters. The molecule has 0 fully saturated rings. The Morgan fingerprint density at radius 1 is 1.14 bits per heavy atom. The Bertz CT molecular complexity index is 655. The molecule has 0 saturated carbocycles. The van der Waals surface area contributed by atoms with E-state index in [-0.39, 0.29) is 11.9 Å². The fourth-order valence-electron chi connectivity index (χ4n) is 2.23. The summed E-state index contributed by atoms with van der Waals surface area (Å²) in [6.45, 7) is 6.20. The molecule has 2 nitrogen and oxygen atoms in total. The summed E-state index contributed by atoms with van der Waals surface area (Å²) in [6.07, 6.45) is 0. The molecule has 2 aromatic rings. The number of anilines is 1. The van der Waals surface area contributed by atoms with E-state index >= 15 is 0 Å². The first-order chi connectivity index (χ1) is 9.95. The van der Waals surface area contributed by atoms with Crippen LogP contribution in [0.5, 0.6) is 0 Å². The minimum atomic E-state index is -0.287. The molecular formula is C17H19FN2S. The van der Waals surface area contributed by atoms with Crippen LogP contribution in [-0.2, 0) is 0 Å². The molecule has 1 unspecified atom stereocenters. The number of rotatable bonds is 3. The van der Waals surface area contributed by atoms with E-state index in [1.54, 1.807) is 12.1 Å². The standard InChI is InChI=1S/C17H19FN2S/c1-11-7-8-12(2)16(9-11)13(3)19-17(21)20-15-6-4-5-14(18)10-15/h4-10,13H,1-3H3,(H2,19,20,21). The minimum absolute atomic E-state index is 0.0819. The van der Waals surface area contributed by atoms with Crippen LogP contribution in [0.1, 0.15) is 29.7 Å². The van der Waals surface area contributed by atoms with Gasteiger partial charge in [0.25, 0.3) is 0 Å². The minimum Gasteiger partial charge on any atom is -0.356 e. The Hall–Kier alpha value is -1.94. The highest BCUT2D eigenvalue weighted by Crippen LogP contribution is 2.19. The summed E-state index contributed by atoms with van der Waals surface area (Å²) in [6, 6.07) is 12.7. The summed E-state index contributed by atoms with van der Waals surface area (Å²) >= 11 is 5.29. The third kappa shape index (κ3) is 4.26. The maximum absolute atomic E-state index is 13.1. The van der Waals surface area contributed by atoms with E-state index in [1.807, 2.05) is 0 Å². The van der Waals surface area contributed by atoms with Gasteiger partial charge in [0.15, 0.2) is 5.11 Å². The first-order valence-electron chi connectivity index (χ1n) is 6.86. The number of thiocarbonyl (C=S) groups is 1. The lowest BCUT2D eigenvalue weighted by atomic mass is 10.0. The van der Waals surface area contributed by atoms with Crippen LogP contribution in [0.2, 0.25) is 0 Å². The summed E-state index contributed by atoms with van der Waals surface area (Å²) in [4.78, 5) is 0. The molecule has 0 aliphatic heterocycles. The van der Waals surface area contributed by atoms with E-state index in [9.17, 15) is 4.39 Å². The van der Waals surface area contributed by atoms with Crippen molar-refractivity contribution in [3.8, 4) is 0 Å². The third-order valence-corrected chi connectivity index (χ3v) is 3.55. The third-order valence-electron chi connectivity index (χ3n) is 3.33. The maximum atomic E-state index is 13.1. The Morgan fingerprint density at radius 2 is 1.90 bits per heavy atom. The summed E-state index contributed by atoms with van der Waals surface area (Å²) in [5.41, 5.74) is 4.28. The van der Waals surface area contributed by atoms with Crippen LogP contribution in [0.3, 0.4) is 0 Å². The highest BCUT2D eigenvalue weighted by molar-refractivity contribution is 7.80. The molecule has 0 aromatic heterocycles. The van der Waals surface area contributed by atoms with Crippen LogP contribution in [0, 0.1) is 19.7 Å². The van der Waals surface area contributed by atoms with Gasteiger partial charge in [0.05, 0.1) is 6.04 Å². The lowest BCUT2D eigenvalue weighted by Crippen LogP contribution is -2.31. The second-order valence-electron chi connectivity index (χ2n) is 5.19. The predicted octanol–water partition coefficient (Wildman–Crippen LogP) is 4.49. The van der Waals surface area contributed by atoms with Crippen LogP contribution in [0.4, 0.5) is 10.1 Å². The molecule has 0 aliphatic carbocycles. The monoisotopic (exact) mass is 302 g/mol. The van der Waals surface area contributed by atoms with Crippen molar-refractivity contribution in [2.75, 3.05) is 5.32 Å². The van der Waals surface area contributed by atoms with Crippen molar-refractivity contribution in [1.29, 1.82) is 0 Å². The van der Waals surface area contributed by atoms with Crippen molar-refractivity contribution in [2.45, 2.75) is 26.8 Å². The molecule has 2 rings (SSSR count). The zero-order valence-electron chi connectivity index (χ0n) is 12.4.